The van der Waals surface area contributed by atoms with E-state index in [1.807, 2.05) is 18.2 Å². The van der Waals surface area contributed by atoms with E-state index in [2.05, 4.69) is 15.6 Å². The second kappa shape index (κ2) is 7.08. The molecule has 1 aromatic carbocycles. The molecule has 2 aromatic rings. The summed E-state index contributed by atoms with van der Waals surface area (Å²) >= 11 is 1.44. The summed E-state index contributed by atoms with van der Waals surface area (Å²) in [6.45, 7) is 1.81. The minimum absolute atomic E-state index is 0.0471. The first kappa shape index (κ1) is 15.9. The molecule has 0 bridgehead atoms. The Bertz CT molecular complexity index is 720. The molecule has 1 aromatic heterocycles. The Labute approximate surface area is 139 Å². The lowest BCUT2D eigenvalue weighted by Crippen LogP contribution is -2.15. The smallest absolute Gasteiger partial charge is 0.225 e. The molecule has 0 aliphatic heterocycles. The molecule has 1 aliphatic rings. The topological polar surface area (TPSA) is 71.1 Å². The van der Waals surface area contributed by atoms with Gasteiger partial charge in [0.1, 0.15) is 0 Å². The monoisotopic (exact) mass is 331 g/mol. The van der Waals surface area contributed by atoms with Crippen LogP contribution in [0.15, 0.2) is 18.2 Å². The maximum absolute atomic E-state index is 12.1. The number of nitrogens with zero attached hydrogens (tertiary/aromatic N) is 1. The SMILES string of the molecule is CCC(=O)Nc1nc2cc(NC(=O)CC3CCCC3)ccc2s1. The summed E-state index contributed by atoms with van der Waals surface area (Å²) < 4.78 is 0.991. The van der Waals surface area contributed by atoms with E-state index >= 15 is 0 Å². The molecule has 1 saturated carbocycles. The van der Waals surface area contributed by atoms with Crippen LogP contribution >= 0.6 is 11.3 Å². The standard InChI is InChI=1S/C17H21N3O2S/c1-2-15(21)20-17-19-13-10-12(7-8-14(13)23-17)18-16(22)9-11-5-3-4-6-11/h7-8,10-11H,2-6,9H2,1H3,(H,18,22)(H,19,20,21). The van der Waals surface area contributed by atoms with Crippen molar-refractivity contribution in [1.29, 1.82) is 0 Å². The summed E-state index contributed by atoms with van der Waals surface area (Å²) in [6, 6.07) is 5.68. The number of anilines is 2. The lowest BCUT2D eigenvalue weighted by molar-refractivity contribution is -0.117. The quantitative estimate of drug-likeness (QED) is 0.864. The summed E-state index contributed by atoms with van der Waals surface area (Å²) in [6.07, 6.45) is 5.85. The van der Waals surface area contributed by atoms with Crippen LogP contribution in [-0.2, 0) is 9.59 Å². The molecule has 1 aliphatic carbocycles. The normalized spacial score (nSPS) is 15.0. The van der Waals surface area contributed by atoms with Gasteiger partial charge in [0.2, 0.25) is 11.8 Å². The molecule has 3 rings (SSSR count). The summed E-state index contributed by atoms with van der Waals surface area (Å²) in [5.41, 5.74) is 1.55. The van der Waals surface area contributed by atoms with E-state index in [9.17, 15) is 9.59 Å². The summed E-state index contributed by atoms with van der Waals surface area (Å²) in [4.78, 5) is 27.9. The zero-order chi connectivity index (χ0) is 16.2. The molecule has 5 nitrogen and oxygen atoms in total. The highest BCUT2D eigenvalue weighted by Crippen LogP contribution is 2.30. The highest BCUT2D eigenvalue weighted by Gasteiger charge is 2.18. The van der Waals surface area contributed by atoms with Crippen molar-refractivity contribution in [2.24, 2.45) is 5.92 Å². The average molecular weight is 331 g/mol. The summed E-state index contributed by atoms with van der Waals surface area (Å²) in [7, 11) is 0. The number of carbonyl (C=O) groups excluding carboxylic acids is 2. The summed E-state index contributed by atoms with van der Waals surface area (Å²) in [5, 5.41) is 6.33. The lowest BCUT2D eigenvalue weighted by Gasteiger charge is -2.09. The maximum atomic E-state index is 12.1. The van der Waals surface area contributed by atoms with Gasteiger partial charge in [-0.2, -0.15) is 0 Å². The van der Waals surface area contributed by atoms with Crippen LogP contribution < -0.4 is 10.6 Å². The van der Waals surface area contributed by atoms with E-state index in [1.165, 1.54) is 37.0 Å². The number of fused-ring (bicyclic) bond motifs is 1. The highest BCUT2D eigenvalue weighted by molar-refractivity contribution is 7.22. The van der Waals surface area contributed by atoms with Gasteiger partial charge in [0.05, 0.1) is 10.2 Å². The number of rotatable bonds is 5. The van der Waals surface area contributed by atoms with Gasteiger partial charge in [0.25, 0.3) is 0 Å². The molecule has 1 heterocycles. The fraction of sp³-hybridized carbons (Fsp3) is 0.471. The van der Waals surface area contributed by atoms with E-state index in [4.69, 9.17) is 0 Å². The van der Waals surface area contributed by atoms with Crippen LogP contribution in [0.2, 0.25) is 0 Å². The van der Waals surface area contributed by atoms with E-state index in [1.54, 1.807) is 6.92 Å². The molecule has 6 heteroatoms. The van der Waals surface area contributed by atoms with Crippen molar-refractivity contribution in [1.82, 2.24) is 4.98 Å². The van der Waals surface area contributed by atoms with Crippen LogP contribution in [0.5, 0.6) is 0 Å². The Hall–Kier alpha value is -1.95. The van der Waals surface area contributed by atoms with Crippen LogP contribution in [0.1, 0.15) is 45.4 Å². The van der Waals surface area contributed by atoms with Crippen LogP contribution in [0.4, 0.5) is 10.8 Å². The number of hydrogen-bond acceptors (Lipinski definition) is 4. The second-order valence-corrected chi connectivity index (χ2v) is 7.04. The van der Waals surface area contributed by atoms with Gasteiger partial charge in [-0.05, 0) is 37.0 Å². The molecule has 2 amide bonds. The molecule has 0 radical (unpaired) electrons. The Morgan fingerprint density at radius 3 is 2.74 bits per heavy atom. The van der Waals surface area contributed by atoms with E-state index in [-0.39, 0.29) is 11.8 Å². The molecule has 23 heavy (non-hydrogen) atoms. The molecule has 122 valence electrons. The number of nitrogens with one attached hydrogen (secondary N) is 2. The minimum atomic E-state index is -0.0471. The number of carbonyl (C=O) groups is 2. The van der Waals surface area contributed by atoms with Gasteiger partial charge in [-0.25, -0.2) is 4.98 Å². The lowest BCUT2D eigenvalue weighted by atomic mass is 10.0. The minimum Gasteiger partial charge on any atom is -0.326 e. The Morgan fingerprint density at radius 2 is 2.00 bits per heavy atom. The Morgan fingerprint density at radius 1 is 1.22 bits per heavy atom. The van der Waals surface area contributed by atoms with Crippen molar-refractivity contribution in [2.75, 3.05) is 10.6 Å². The molecule has 0 saturated heterocycles. The molecular formula is C17H21N3O2S. The van der Waals surface area contributed by atoms with Crippen molar-refractivity contribution in [2.45, 2.75) is 45.4 Å². The first-order chi connectivity index (χ1) is 11.1. The number of aromatic nitrogens is 1. The van der Waals surface area contributed by atoms with Gasteiger partial charge in [-0.15, -0.1) is 0 Å². The maximum Gasteiger partial charge on any atom is 0.225 e. The van der Waals surface area contributed by atoms with Crippen molar-refractivity contribution in [3.63, 3.8) is 0 Å². The van der Waals surface area contributed by atoms with Gasteiger partial charge in [0, 0.05) is 18.5 Å². The van der Waals surface area contributed by atoms with Crippen LogP contribution in [0.25, 0.3) is 10.2 Å². The third-order valence-electron chi connectivity index (χ3n) is 4.19. The van der Waals surface area contributed by atoms with E-state index in [0.29, 0.717) is 23.9 Å². The molecule has 0 spiro atoms. The first-order valence-electron chi connectivity index (χ1n) is 8.14. The zero-order valence-corrected chi connectivity index (χ0v) is 14.0. The van der Waals surface area contributed by atoms with Gasteiger partial charge in [-0.1, -0.05) is 31.1 Å². The van der Waals surface area contributed by atoms with Gasteiger partial charge in [-0.3, -0.25) is 9.59 Å². The first-order valence-corrected chi connectivity index (χ1v) is 8.96. The van der Waals surface area contributed by atoms with Crippen LogP contribution in [-0.4, -0.2) is 16.8 Å². The predicted octanol–water partition coefficient (Wildman–Crippen LogP) is 4.16. The summed E-state index contributed by atoms with van der Waals surface area (Å²) in [5.74, 6) is 0.564. The average Bonchev–Trinajstić information content (AvgIpc) is 3.15. The van der Waals surface area contributed by atoms with Crippen LogP contribution in [0.3, 0.4) is 0 Å². The molecule has 0 atom stereocenters. The largest absolute Gasteiger partial charge is 0.326 e. The molecule has 0 unspecified atom stereocenters. The molecule has 2 N–H and O–H groups in total. The number of amides is 2. The van der Waals surface area contributed by atoms with Crippen LogP contribution in [0, 0.1) is 5.92 Å². The Balaban J connectivity index is 1.66. The van der Waals surface area contributed by atoms with Crippen molar-refractivity contribution in [3.05, 3.63) is 18.2 Å². The van der Waals surface area contributed by atoms with Crippen molar-refractivity contribution >= 4 is 44.2 Å². The molecule has 1 fully saturated rings. The third-order valence-corrected chi connectivity index (χ3v) is 5.14. The highest BCUT2D eigenvalue weighted by atomic mass is 32.1. The Kier molecular flexibility index (Phi) is 4.91. The number of thiazole rings is 1. The van der Waals surface area contributed by atoms with Crippen molar-refractivity contribution < 1.29 is 9.59 Å². The fourth-order valence-corrected chi connectivity index (χ4v) is 3.82. The van der Waals surface area contributed by atoms with Gasteiger partial charge in [0.15, 0.2) is 5.13 Å². The van der Waals surface area contributed by atoms with Gasteiger partial charge >= 0.3 is 0 Å². The number of hydrogen-bond donors (Lipinski definition) is 2. The van der Waals surface area contributed by atoms with Crippen molar-refractivity contribution in [3.8, 4) is 0 Å². The third kappa shape index (κ3) is 4.07. The predicted molar refractivity (Wildman–Crippen MR) is 93.7 cm³/mol. The van der Waals surface area contributed by atoms with Gasteiger partial charge < -0.3 is 10.6 Å². The fourth-order valence-electron chi connectivity index (χ4n) is 2.96. The molecular weight excluding hydrogens is 310 g/mol. The zero-order valence-electron chi connectivity index (χ0n) is 13.2. The van der Waals surface area contributed by atoms with E-state index in [0.717, 1.165) is 15.9 Å². The second-order valence-electron chi connectivity index (χ2n) is 6.01. The van der Waals surface area contributed by atoms with E-state index < -0.39 is 0 Å². The number of benzene rings is 1.